The van der Waals surface area contributed by atoms with Crippen molar-refractivity contribution in [2.45, 2.75) is 34.2 Å². The number of piperazine rings is 1. The lowest BCUT2D eigenvalue weighted by Gasteiger charge is -2.29. The maximum atomic E-state index is 12.7. The Hall–Kier alpha value is -2.08. The molecule has 0 bridgehead atoms. The third-order valence-corrected chi connectivity index (χ3v) is 5.27. The van der Waals surface area contributed by atoms with E-state index in [1.54, 1.807) is 15.6 Å². The zero-order valence-electron chi connectivity index (χ0n) is 15.7. The van der Waals surface area contributed by atoms with Gasteiger partial charge in [0.25, 0.3) is 0 Å². The number of aromatic nitrogens is 3. The van der Waals surface area contributed by atoms with Crippen LogP contribution in [0.1, 0.15) is 27.7 Å². The van der Waals surface area contributed by atoms with Gasteiger partial charge in [0.15, 0.2) is 0 Å². The number of nitrogens with zero attached hydrogens (tertiary/aromatic N) is 4. The van der Waals surface area contributed by atoms with Gasteiger partial charge >= 0.3 is 5.69 Å². The van der Waals surface area contributed by atoms with Gasteiger partial charge in [0.1, 0.15) is 6.33 Å². The molecule has 0 spiro atoms. The standard InChI is InChI=1S/C19H29N5O/c1-15(19(2,3)4)13-24-18(25)23(14-21-24)17-7-5-16(6-8-17)22-11-9-20-10-12-22/h5-8,14-15,20H,9-13H2,1-4H3. The van der Waals surface area contributed by atoms with Crippen molar-refractivity contribution < 1.29 is 0 Å². The lowest BCUT2D eigenvalue weighted by atomic mass is 9.82. The summed E-state index contributed by atoms with van der Waals surface area (Å²) in [5, 5.41) is 7.67. The van der Waals surface area contributed by atoms with E-state index >= 15 is 0 Å². The number of benzene rings is 1. The van der Waals surface area contributed by atoms with Gasteiger partial charge in [0.2, 0.25) is 0 Å². The van der Waals surface area contributed by atoms with Gasteiger partial charge in [-0.25, -0.2) is 14.0 Å². The first kappa shape index (κ1) is 17.7. The van der Waals surface area contributed by atoms with Crippen LogP contribution in [0.3, 0.4) is 0 Å². The molecule has 1 atom stereocenters. The Labute approximate surface area is 149 Å². The Balaban J connectivity index is 1.77. The summed E-state index contributed by atoms with van der Waals surface area (Å²) in [6.45, 7) is 13.4. The fourth-order valence-electron chi connectivity index (χ4n) is 2.92. The SMILES string of the molecule is CC(Cn1ncn(-c2ccc(N3CCNCC3)cc2)c1=O)C(C)(C)C. The molecule has 1 aromatic heterocycles. The lowest BCUT2D eigenvalue weighted by Crippen LogP contribution is -2.43. The van der Waals surface area contributed by atoms with Crippen molar-refractivity contribution in [3.8, 4) is 5.69 Å². The highest BCUT2D eigenvalue weighted by Gasteiger charge is 2.22. The van der Waals surface area contributed by atoms with Crippen LogP contribution in [0, 0.1) is 11.3 Å². The topological polar surface area (TPSA) is 55.1 Å². The predicted molar refractivity (Wildman–Crippen MR) is 102 cm³/mol. The molecule has 0 amide bonds. The molecular formula is C19H29N5O. The zero-order valence-corrected chi connectivity index (χ0v) is 15.7. The highest BCUT2D eigenvalue weighted by atomic mass is 16.2. The summed E-state index contributed by atoms with van der Waals surface area (Å²) in [6, 6.07) is 8.17. The van der Waals surface area contributed by atoms with Crippen LogP contribution in [0.2, 0.25) is 0 Å². The van der Waals surface area contributed by atoms with Crippen LogP contribution in [-0.2, 0) is 6.54 Å². The van der Waals surface area contributed by atoms with Crippen LogP contribution < -0.4 is 15.9 Å². The van der Waals surface area contributed by atoms with Crippen molar-refractivity contribution >= 4 is 5.69 Å². The predicted octanol–water partition coefficient (Wildman–Crippen LogP) is 2.13. The van der Waals surface area contributed by atoms with Gasteiger partial charge in [-0.2, -0.15) is 5.10 Å². The third kappa shape index (κ3) is 3.95. The highest BCUT2D eigenvalue weighted by molar-refractivity contribution is 5.51. The Morgan fingerprint density at radius 1 is 1.12 bits per heavy atom. The van der Waals surface area contributed by atoms with Crippen molar-refractivity contribution in [3.05, 3.63) is 41.1 Å². The summed E-state index contributed by atoms with van der Waals surface area (Å²) in [5.74, 6) is 0.364. The second kappa shape index (κ2) is 7.04. The smallest absolute Gasteiger partial charge is 0.350 e. The molecule has 0 saturated carbocycles. The number of hydrogen-bond acceptors (Lipinski definition) is 4. The molecule has 2 aromatic rings. The molecule has 136 valence electrons. The van der Waals surface area contributed by atoms with Crippen molar-refractivity contribution in [2.24, 2.45) is 11.3 Å². The summed E-state index contributed by atoms with van der Waals surface area (Å²) in [7, 11) is 0. The van der Waals surface area contributed by atoms with Crippen LogP contribution >= 0.6 is 0 Å². The molecular weight excluding hydrogens is 314 g/mol. The van der Waals surface area contributed by atoms with E-state index < -0.39 is 0 Å². The minimum absolute atomic E-state index is 0.0778. The first-order valence-electron chi connectivity index (χ1n) is 9.07. The Morgan fingerprint density at radius 3 is 2.32 bits per heavy atom. The third-order valence-electron chi connectivity index (χ3n) is 5.27. The quantitative estimate of drug-likeness (QED) is 0.924. The molecule has 6 nitrogen and oxygen atoms in total. The molecule has 1 aliphatic heterocycles. The average molecular weight is 343 g/mol. The minimum atomic E-state index is -0.0778. The average Bonchev–Trinajstić information content (AvgIpc) is 2.96. The van der Waals surface area contributed by atoms with Crippen LogP contribution in [0.4, 0.5) is 5.69 Å². The summed E-state index contributed by atoms with van der Waals surface area (Å²) in [5.41, 5.74) is 2.13. The monoisotopic (exact) mass is 343 g/mol. The first-order chi connectivity index (χ1) is 11.9. The fraction of sp³-hybridized carbons (Fsp3) is 0.579. The van der Waals surface area contributed by atoms with E-state index in [0.29, 0.717) is 12.5 Å². The van der Waals surface area contributed by atoms with Gasteiger partial charge in [0, 0.05) is 38.4 Å². The van der Waals surface area contributed by atoms with Crippen molar-refractivity contribution in [1.29, 1.82) is 0 Å². The molecule has 1 N–H and O–H groups in total. The van der Waals surface area contributed by atoms with Crippen LogP contribution in [0.15, 0.2) is 35.4 Å². The number of hydrogen-bond donors (Lipinski definition) is 1. The summed E-state index contributed by atoms with van der Waals surface area (Å²) < 4.78 is 3.19. The van der Waals surface area contributed by atoms with Crippen molar-refractivity contribution in [2.75, 3.05) is 31.1 Å². The molecule has 6 heteroatoms. The molecule has 0 aliphatic carbocycles. The Kier molecular flexibility index (Phi) is 4.99. The molecule has 1 saturated heterocycles. The van der Waals surface area contributed by atoms with Crippen molar-refractivity contribution in [3.63, 3.8) is 0 Å². The number of anilines is 1. The van der Waals surface area contributed by atoms with E-state index in [-0.39, 0.29) is 11.1 Å². The Morgan fingerprint density at radius 2 is 1.72 bits per heavy atom. The highest BCUT2D eigenvalue weighted by Crippen LogP contribution is 2.26. The van der Waals surface area contributed by atoms with Gasteiger partial charge in [-0.15, -0.1) is 0 Å². The van der Waals surface area contributed by atoms with Gasteiger partial charge in [-0.3, -0.25) is 0 Å². The Bertz CT molecular complexity index is 747. The van der Waals surface area contributed by atoms with Gasteiger partial charge in [-0.1, -0.05) is 27.7 Å². The zero-order chi connectivity index (χ0) is 18.0. The van der Waals surface area contributed by atoms with E-state index in [1.165, 1.54) is 5.69 Å². The second-order valence-electron chi connectivity index (χ2n) is 7.99. The largest absolute Gasteiger partial charge is 0.369 e. The first-order valence-corrected chi connectivity index (χ1v) is 9.07. The van der Waals surface area contributed by atoms with Gasteiger partial charge < -0.3 is 10.2 Å². The number of nitrogens with one attached hydrogen (secondary N) is 1. The molecule has 0 radical (unpaired) electrons. The molecule has 1 fully saturated rings. The normalized spacial score (nSPS) is 16.9. The minimum Gasteiger partial charge on any atom is -0.369 e. The molecule has 1 unspecified atom stereocenters. The van der Waals surface area contributed by atoms with E-state index in [0.717, 1.165) is 31.9 Å². The van der Waals surface area contributed by atoms with E-state index in [4.69, 9.17) is 0 Å². The molecule has 1 aromatic carbocycles. The fourth-order valence-corrected chi connectivity index (χ4v) is 2.92. The van der Waals surface area contributed by atoms with E-state index in [1.807, 2.05) is 12.1 Å². The summed E-state index contributed by atoms with van der Waals surface area (Å²) in [4.78, 5) is 15.0. The number of rotatable bonds is 4. The maximum Gasteiger partial charge on any atom is 0.350 e. The van der Waals surface area contributed by atoms with E-state index in [9.17, 15) is 4.79 Å². The van der Waals surface area contributed by atoms with Crippen molar-refractivity contribution in [1.82, 2.24) is 19.7 Å². The maximum absolute atomic E-state index is 12.7. The van der Waals surface area contributed by atoms with Crippen LogP contribution in [0.5, 0.6) is 0 Å². The molecule has 25 heavy (non-hydrogen) atoms. The van der Waals surface area contributed by atoms with E-state index in [2.05, 4.69) is 55.1 Å². The molecule has 1 aliphatic rings. The second-order valence-corrected chi connectivity index (χ2v) is 7.99. The van der Waals surface area contributed by atoms with Gasteiger partial charge in [-0.05, 0) is 35.6 Å². The lowest BCUT2D eigenvalue weighted by molar-refractivity contribution is 0.223. The molecule has 3 rings (SSSR count). The summed E-state index contributed by atoms with van der Waals surface area (Å²) in [6.07, 6.45) is 1.62. The van der Waals surface area contributed by atoms with Crippen LogP contribution in [-0.4, -0.2) is 40.5 Å². The molecule has 2 heterocycles. The summed E-state index contributed by atoms with van der Waals surface area (Å²) >= 11 is 0. The van der Waals surface area contributed by atoms with Gasteiger partial charge in [0.05, 0.1) is 5.69 Å². The van der Waals surface area contributed by atoms with Crippen LogP contribution in [0.25, 0.3) is 5.69 Å².